The molecule has 23 heavy (non-hydrogen) atoms. The predicted molar refractivity (Wildman–Crippen MR) is 88.8 cm³/mol. The van der Waals surface area contributed by atoms with E-state index in [1.54, 1.807) is 12.1 Å². The largest absolute Gasteiger partial charge is 0.486 e. The highest BCUT2D eigenvalue weighted by Gasteiger charge is 2.25. The van der Waals surface area contributed by atoms with Crippen molar-refractivity contribution >= 4 is 15.7 Å². The van der Waals surface area contributed by atoms with Crippen molar-refractivity contribution in [2.45, 2.75) is 18.7 Å². The lowest BCUT2D eigenvalue weighted by Crippen LogP contribution is -2.30. The molecule has 1 aliphatic heterocycles. The summed E-state index contributed by atoms with van der Waals surface area (Å²) in [5.41, 5.74) is 1.73. The standard InChI is InChI=1S/C17H19NO4S/c1-3-18(14-6-4-13(2)5-7-14)23(19,20)15-8-9-16-17(12-15)22-11-10-21-16/h4-9,12H,3,10-11H2,1-2H3. The van der Waals surface area contributed by atoms with Crippen LogP contribution in [-0.4, -0.2) is 28.2 Å². The Morgan fingerprint density at radius 3 is 2.30 bits per heavy atom. The van der Waals surface area contributed by atoms with Crippen LogP contribution in [0.4, 0.5) is 5.69 Å². The second-order valence-corrected chi connectivity index (χ2v) is 7.17. The van der Waals surface area contributed by atoms with Gasteiger partial charge >= 0.3 is 0 Å². The van der Waals surface area contributed by atoms with Crippen LogP contribution in [0, 0.1) is 6.92 Å². The molecule has 0 fully saturated rings. The van der Waals surface area contributed by atoms with E-state index in [9.17, 15) is 8.42 Å². The van der Waals surface area contributed by atoms with E-state index in [-0.39, 0.29) is 4.90 Å². The zero-order valence-corrected chi connectivity index (χ0v) is 14.0. The van der Waals surface area contributed by atoms with Crippen LogP contribution in [0.5, 0.6) is 11.5 Å². The van der Waals surface area contributed by atoms with Gasteiger partial charge in [0.15, 0.2) is 11.5 Å². The maximum atomic E-state index is 13.0. The predicted octanol–water partition coefficient (Wildman–Crippen LogP) is 2.98. The molecule has 0 saturated carbocycles. The van der Waals surface area contributed by atoms with Crippen molar-refractivity contribution in [3.63, 3.8) is 0 Å². The second kappa shape index (κ2) is 6.12. The lowest BCUT2D eigenvalue weighted by atomic mass is 10.2. The third kappa shape index (κ3) is 2.99. The van der Waals surface area contributed by atoms with Gasteiger partial charge in [-0.15, -0.1) is 0 Å². The first-order chi connectivity index (χ1) is 11.0. The number of hydrogen-bond donors (Lipinski definition) is 0. The fourth-order valence-corrected chi connectivity index (χ4v) is 4.00. The fourth-order valence-electron chi connectivity index (χ4n) is 2.51. The van der Waals surface area contributed by atoms with E-state index in [2.05, 4.69) is 0 Å². The van der Waals surface area contributed by atoms with Gasteiger partial charge in [0.2, 0.25) is 0 Å². The summed E-state index contributed by atoms with van der Waals surface area (Å²) in [4.78, 5) is 0.198. The van der Waals surface area contributed by atoms with Gasteiger partial charge in [0.05, 0.1) is 10.6 Å². The zero-order chi connectivity index (χ0) is 16.4. The van der Waals surface area contributed by atoms with Gasteiger partial charge in [0.25, 0.3) is 10.0 Å². The summed E-state index contributed by atoms with van der Waals surface area (Å²) in [6.45, 7) is 5.03. The van der Waals surface area contributed by atoms with Crippen molar-refractivity contribution in [1.29, 1.82) is 0 Å². The van der Waals surface area contributed by atoms with Gasteiger partial charge in [-0.1, -0.05) is 17.7 Å². The molecule has 122 valence electrons. The topological polar surface area (TPSA) is 55.8 Å². The Hall–Kier alpha value is -2.21. The second-order valence-electron chi connectivity index (χ2n) is 5.31. The van der Waals surface area contributed by atoms with E-state index in [0.717, 1.165) is 5.56 Å². The molecule has 3 rings (SSSR count). The van der Waals surface area contributed by atoms with Crippen LogP contribution in [-0.2, 0) is 10.0 Å². The molecule has 2 aromatic carbocycles. The number of rotatable bonds is 4. The number of ether oxygens (including phenoxy) is 2. The lowest BCUT2D eigenvalue weighted by Gasteiger charge is -2.24. The summed E-state index contributed by atoms with van der Waals surface area (Å²) in [5.74, 6) is 1.05. The van der Waals surface area contributed by atoms with Gasteiger partial charge in [-0.3, -0.25) is 4.31 Å². The molecule has 0 amide bonds. The number of benzene rings is 2. The Morgan fingerprint density at radius 1 is 1.00 bits per heavy atom. The molecule has 0 aromatic heterocycles. The van der Waals surface area contributed by atoms with Crippen LogP contribution in [0.1, 0.15) is 12.5 Å². The smallest absolute Gasteiger partial charge is 0.264 e. The van der Waals surface area contributed by atoms with E-state index in [1.165, 1.54) is 10.4 Å². The van der Waals surface area contributed by atoms with Crippen molar-refractivity contribution in [3.05, 3.63) is 48.0 Å². The van der Waals surface area contributed by atoms with E-state index < -0.39 is 10.0 Å². The van der Waals surface area contributed by atoms with Gasteiger partial charge in [-0.05, 0) is 38.1 Å². The highest BCUT2D eigenvalue weighted by Crippen LogP contribution is 2.34. The summed E-state index contributed by atoms with van der Waals surface area (Å²) < 4.78 is 38.2. The molecule has 0 aliphatic carbocycles. The number of nitrogens with zero attached hydrogens (tertiary/aromatic N) is 1. The number of hydrogen-bond acceptors (Lipinski definition) is 4. The fraction of sp³-hybridized carbons (Fsp3) is 0.294. The first-order valence-corrected chi connectivity index (χ1v) is 8.95. The van der Waals surface area contributed by atoms with E-state index in [4.69, 9.17) is 9.47 Å². The molecule has 0 radical (unpaired) electrons. The van der Waals surface area contributed by atoms with Crippen molar-refractivity contribution in [3.8, 4) is 11.5 Å². The van der Waals surface area contributed by atoms with Crippen molar-refractivity contribution in [1.82, 2.24) is 0 Å². The summed E-state index contributed by atoms with van der Waals surface area (Å²) in [7, 11) is -3.65. The van der Waals surface area contributed by atoms with E-state index in [0.29, 0.717) is 36.9 Å². The Kier molecular flexibility index (Phi) is 4.17. The molecule has 2 aromatic rings. The van der Waals surface area contributed by atoms with E-state index >= 15 is 0 Å². The van der Waals surface area contributed by atoms with Crippen LogP contribution in [0.25, 0.3) is 0 Å². The normalized spacial score (nSPS) is 13.7. The molecular formula is C17H19NO4S. The monoisotopic (exact) mass is 333 g/mol. The van der Waals surface area contributed by atoms with Crippen LogP contribution in [0.3, 0.4) is 0 Å². The maximum absolute atomic E-state index is 13.0. The average Bonchev–Trinajstić information content (AvgIpc) is 2.56. The maximum Gasteiger partial charge on any atom is 0.264 e. The van der Waals surface area contributed by atoms with Crippen LogP contribution >= 0.6 is 0 Å². The number of aryl methyl sites for hydroxylation is 1. The van der Waals surface area contributed by atoms with Crippen LogP contribution < -0.4 is 13.8 Å². The Labute approximate surface area is 136 Å². The van der Waals surface area contributed by atoms with Crippen molar-refractivity contribution in [2.75, 3.05) is 24.1 Å². The average molecular weight is 333 g/mol. The quantitative estimate of drug-likeness (QED) is 0.863. The minimum atomic E-state index is -3.65. The number of fused-ring (bicyclic) bond motifs is 1. The summed E-state index contributed by atoms with van der Waals surface area (Å²) in [6, 6.07) is 12.2. The molecule has 5 nitrogen and oxygen atoms in total. The first kappa shape index (κ1) is 15.7. The molecule has 0 spiro atoms. The van der Waals surface area contributed by atoms with E-state index in [1.807, 2.05) is 38.1 Å². The van der Waals surface area contributed by atoms with Crippen molar-refractivity contribution in [2.24, 2.45) is 0 Å². The molecular weight excluding hydrogens is 314 g/mol. The SMILES string of the molecule is CCN(c1ccc(C)cc1)S(=O)(=O)c1ccc2c(c1)OCCO2. The highest BCUT2D eigenvalue weighted by molar-refractivity contribution is 7.92. The third-order valence-electron chi connectivity index (χ3n) is 3.71. The molecule has 0 unspecified atom stereocenters. The van der Waals surface area contributed by atoms with Gasteiger partial charge in [-0.2, -0.15) is 0 Å². The summed E-state index contributed by atoms with van der Waals surface area (Å²) in [6.07, 6.45) is 0. The van der Waals surface area contributed by atoms with Gasteiger partial charge < -0.3 is 9.47 Å². The molecule has 0 N–H and O–H groups in total. The minimum Gasteiger partial charge on any atom is -0.486 e. The zero-order valence-electron chi connectivity index (χ0n) is 13.2. The molecule has 1 aliphatic rings. The summed E-state index contributed by atoms with van der Waals surface area (Å²) >= 11 is 0. The molecule has 0 saturated heterocycles. The first-order valence-electron chi connectivity index (χ1n) is 7.51. The Balaban J connectivity index is 2.00. The Bertz CT molecular complexity index is 800. The molecule has 6 heteroatoms. The van der Waals surface area contributed by atoms with Gasteiger partial charge in [0.1, 0.15) is 13.2 Å². The highest BCUT2D eigenvalue weighted by atomic mass is 32.2. The lowest BCUT2D eigenvalue weighted by molar-refractivity contribution is 0.171. The number of sulfonamides is 1. The minimum absolute atomic E-state index is 0.198. The number of anilines is 1. The third-order valence-corrected chi connectivity index (χ3v) is 5.61. The summed E-state index contributed by atoms with van der Waals surface area (Å²) in [5, 5.41) is 0. The Morgan fingerprint density at radius 2 is 1.65 bits per heavy atom. The van der Waals surface area contributed by atoms with Gasteiger partial charge in [-0.25, -0.2) is 8.42 Å². The molecule has 0 atom stereocenters. The van der Waals surface area contributed by atoms with Crippen LogP contribution in [0.15, 0.2) is 47.4 Å². The van der Waals surface area contributed by atoms with Crippen molar-refractivity contribution < 1.29 is 17.9 Å². The molecule has 1 heterocycles. The van der Waals surface area contributed by atoms with Crippen LogP contribution in [0.2, 0.25) is 0 Å². The molecule has 0 bridgehead atoms. The van der Waals surface area contributed by atoms with Gasteiger partial charge in [0, 0.05) is 12.6 Å².